The van der Waals surface area contributed by atoms with Gasteiger partial charge in [0.1, 0.15) is 0 Å². The molecule has 0 spiro atoms. The Morgan fingerprint density at radius 1 is 1.04 bits per heavy atom. The first-order valence-electron chi connectivity index (χ1n) is 8.46. The van der Waals surface area contributed by atoms with Gasteiger partial charge in [0, 0.05) is 25.3 Å². The Morgan fingerprint density at radius 3 is 2.23 bits per heavy atom. The van der Waals surface area contributed by atoms with Crippen LogP contribution in [0.15, 0.2) is 42.5 Å². The lowest BCUT2D eigenvalue weighted by Crippen LogP contribution is -2.29. The lowest BCUT2D eigenvalue weighted by molar-refractivity contribution is 0.0729. The average Bonchev–Trinajstić information content (AvgIpc) is 2.68. The maximum absolute atomic E-state index is 12.4. The molecule has 0 saturated heterocycles. The van der Waals surface area contributed by atoms with E-state index >= 15 is 0 Å². The summed E-state index contributed by atoms with van der Waals surface area (Å²) in [5, 5.41) is 0. The van der Waals surface area contributed by atoms with Crippen LogP contribution in [0, 0.1) is 6.92 Å². The van der Waals surface area contributed by atoms with Crippen LogP contribution in [0.4, 0.5) is 0 Å². The van der Waals surface area contributed by atoms with Crippen LogP contribution in [0.3, 0.4) is 0 Å². The highest BCUT2D eigenvalue weighted by Crippen LogP contribution is 2.40. The molecule has 0 aliphatic heterocycles. The predicted molar refractivity (Wildman–Crippen MR) is 102 cm³/mol. The van der Waals surface area contributed by atoms with Crippen LogP contribution in [0.5, 0.6) is 11.5 Å². The fourth-order valence-corrected chi connectivity index (χ4v) is 4.65. The lowest BCUT2D eigenvalue weighted by Gasteiger charge is -2.25. The lowest BCUT2D eigenvalue weighted by atomic mass is 10.0. The van der Waals surface area contributed by atoms with Crippen LogP contribution >= 0.6 is 0 Å². The van der Waals surface area contributed by atoms with Crippen LogP contribution in [0.1, 0.15) is 40.4 Å². The number of carbonyl (C=O) groups excluding carboxylic acids is 1. The fraction of sp³-hybridized carbons (Fsp3) is 0.350. The van der Waals surface area contributed by atoms with Gasteiger partial charge in [-0.2, -0.15) is 0 Å². The molecule has 0 aliphatic carbocycles. The maximum Gasteiger partial charge on any atom is 0.392 e. The maximum atomic E-state index is 12.4. The average molecular weight is 374 g/mol. The van der Waals surface area contributed by atoms with E-state index in [9.17, 15) is 4.79 Å². The van der Waals surface area contributed by atoms with E-state index in [1.54, 1.807) is 51.7 Å². The van der Waals surface area contributed by atoms with Crippen molar-refractivity contribution >= 4 is 15.3 Å². The molecule has 26 heavy (non-hydrogen) atoms. The van der Waals surface area contributed by atoms with Crippen molar-refractivity contribution in [1.82, 2.24) is 0 Å². The molecule has 2 rings (SSSR count). The van der Waals surface area contributed by atoms with Crippen LogP contribution in [-0.4, -0.2) is 36.6 Å². The van der Waals surface area contributed by atoms with E-state index in [0.717, 1.165) is 17.5 Å². The second kappa shape index (κ2) is 9.52. The van der Waals surface area contributed by atoms with Gasteiger partial charge in [0.15, 0.2) is 11.5 Å². The highest BCUT2D eigenvalue weighted by molar-refractivity contribution is 6.46. The third-order valence-electron chi connectivity index (χ3n) is 4.24. The summed E-state index contributed by atoms with van der Waals surface area (Å²) in [5.74, 6) is 0.530. The van der Waals surface area contributed by atoms with Gasteiger partial charge >= 0.3 is 15.3 Å². The van der Waals surface area contributed by atoms with Gasteiger partial charge in [-0.3, -0.25) is 0 Å². The van der Waals surface area contributed by atoms with Crippen molar-refractivity contribution in [2.24, 2.45) is 0 Å². The molecule has 0 aliphatic rings. The molecule has 0 fully saturated rings. The predicted octanol–water partition coefficient (Wildman–Crippen LogP) is 4.04. The molecule has 0 heterocycles. The largest absolute Gasteiger partial charge is 0.493 e. The molecule has 5 nitrogen and oxygen atoms in total. The molecule has 139 valence electrons. The first-order chi connectivity index (χ1) is 12.6. The summed E-state index contributed by atoms with van der Waals surface area (Å²) < 4.78 is 22.4. The first kappa shape index (κ1) is 20.2. The molecule has 0 N–H and O–H groups in total. The van der Waals surface area contributed by atoms with Gasteiger partial charge in [-0.15, -0.1) is 0 Å². The Hall–Kier alpha value is -2.15. The molecule has 0 amide bonds. The molecular formula is C20H25O5Si. The van der Waals surface area contributed by atoms with Gasteiger partial charge in [-0.05, 0) is 37.1 Å². The molecule has 0 aromatic heterocycles. The quantitative estimate of drug-likeness (QED) is 0.397. The summed E-state index contributed by atoms with van der Waals surface area (Å²) in [7, 11) is 3.35. The van der Waals surface area contributed by atoms with E-state index in [4.69, 9.17) is 18.3 Å². The second-order valence-electron chi connectivity index (χ2n) is 5.77. The summed E-state index contributed by atoms with van der Waals surface area (Å²) in [5.41, 5.74) is 2.54. The number of rotatable bonds is 8. The fourth-order valence-electron chi connectivity index (χ4n) is 2.99. The number of carbonyl (C=O) groups is 1. The first-order valence-corrected chi connectivity index (χ1v) is 9.86. The number of benzene rings is 2. The third kappa shape index (κ3) is 4.33. The zero-order valence-electron chi connectivity index (χ0n) is 15.9. The molecule has 2 aromatic rings. The monoisotopic (exact) mass is 373 g/mol. The molecule has 1 radical (unpaired) electrons. The van der Waals surface area contributed by atoms with Gasteiger partial charge < -0.3 is 18.3 Å². The van der Waals surface area contributed by atoms with Crippen molar-refractivity contribution in [3.8, 4) is 11.5 Å². The van der Waals surface area contributed by atoms with E-state index in [1.807, 2.05) is 19.1 Å². The van der Waals surface area contributed by atoms with Crippen molar-refractivity contribution < 1.29 is 23.1 Å². The molecule has 0 saturated carbocycles. The van der Waals surface area contributed by atoms with Crippen molar-refractivity contribution in [3.05, 3.63) is 59.2 Å². The standard InChI is InChI=1S/C20H25O5Si/c1-6-17(26(23-4)24-5)18-14(2)12-13-16(19(18)22-3)25-20(21)15-10-8-7-9-11-15/h7-13,17H,6H2,1-5H3. The molecule has 6 heteroatoms. The number of ether oxygens (including phenoxy) is 2. The van der Waals surface area contributed by atoms with Gasteiger partial charge in [-0.1, -0.05) is 31.2 Å². The zero-order chi connectivity index (χ0) is 19.1. The molecule has 1 atom stereocenters. The van der Waals surface area contributed by atoms with Crippen molar-refractivity contribution in [2.45, 2.75) is 25.8 Å². The summed E-state index contributed by atoms with van der Waals surface area (Å²) in [4.78, 5) is 12.4. The molecule has 0 bridgehead atoms. The summed E-state index contributed by atoms with van der Waals surface area (Å²) in [6.07, 6.45) is 0.823. The number of hydrogen-bond donors (Lipinski definition) is 0. The number of methoxy groups -OCH3 is 1. The minimum atomic E-state index is -1.54. The Kier molecular flexibility index (Phi) is 7.38. The van der Waals surface area contributed by atoms with Crippen molar-refractivity contribution in [3.63, 3.8) is 0 Å². The SMILES string of the molecule is CCC(c1c(C)ccc(OC(=O)c2ccccc2)c1OC)[Si](OC)OC. The summed E-state index contributed by atoms with van der Waals surface area (Å²) in [6, 6.07) is 12.6. The minimum absolute atomic E-state index is 0.0420. The summed E-state index contributed by atoms with van der Waals surface area (Å²) in [6.45, 7) is 4.09. The smallest absolute Gasteiger partial charge is 0.392 e. The van der Waals surface area contributed by atoms with Crippen molar-refractivity contribution in [2.75, 3.05) is 21.3 Å². The minimum Gasteiger partial charge on any atom is -0.493 e. The van der Waals surface area contributed by atoms with Gasteiger partial charge in [0.05, 0.1) is 12.7 Å². The van der Waals surface area contributed by atoms with E-state index in [2.05, 4.69) is 6.92 Å². The normalized spacial score (nSPS) is 12.1. The van der Waals surface area contributed by atoms with Crippen LogP contribution < -0.4 is 9.47 Å². The number of hydrogen-bond acceptors (Lipinski definition) is 5. The Morgan fingerprint density at radius 2 is 1.69 bits per heavy atom. The molecular weight excluding hydrogens is 348 g/mol. The van der Waals surface area contributed by atoms with E-state index in [0.29, 0.717) is 17.1 Å². The third-order valence-corrected chi connectivity index (χ3v) is 6.31. The van der Waals surface area contributed by atoms with Gasteiger partial charge in [-0.25, -0.2) is 4.79 Å². The van der Waals surface area contributed by atoms with Crippen molar-refractivity contribution in [1.29, 1.82) is 0 Å². The highest BCUT2D eigenvalue weighted by Gasteiger charge is 2.32. The van der Waals surface area contributed by atoms with Gasteiger partial charge in [0.2, 0.25) is 0 Å². The highest BCUT2D eigenvalue weighted by atomic mass is 28.3. The van der Waals surface area contributed by atoms with Crippen LogP contribution in [-0.2, 0) is 8.85 Å². The Bertz CT molecular complexity index is 728. The van der Waals surface area contributed by atoms with E-state index < -0.39 is 15.3 Å². The summed E-state index contributed by atoms with van der Waals surface area (Å²) >= 11 is 0. The molecule has 1 unspecified atom stereocenters. The molecule has 2 aromatic carbocycles. The topological polar surface area (TPSA) is 54.0 Å². The van der Waals surface area contributed by atoms with Gasteiger partial charge in [0.25, 0.3) is 0 Å². The Labute approximate surface area is 156 Å². The van der Waals surface area contributed by atoms with Crippen LogP contribution in [0.25, 0.3) is 0 Å². The van der Waals surface area contributed by atoms with Crippen LogP contribution in [0.2, 0.25) is 0 Å². The number of aryl methyl sites for hydroxylation is 1. The number of esters is 1. The Balaban J connectivity index is 2.44. The second-order valence-corrected chi connectivity index (χ2v) is 7.92. The van der Waals surface area contributed by atoms with E-state index in [1.165, 1.54) is 0 Å². The van der Waals surface area contributed by atoms with E-state index in [-0.39, 0.29) is 5.54 Å². The zero-order valence-corrected chi connectivity index (χ0v) is 16.9.